The van der Waals surface area contributed by atoms with Gasteiger partial charge in [-0.15, -0.1) is 0 Å². The van der Waals surface area contributed by atoms with Gasteiger partial charge in [0.2, 0.25) is 0 Å². The van der Waals surface area contributed by atoms with Gasteiger partial charge in [0.25, 0.3) is 5.91 Å². The highest BCUT2D eigenvalue weighted by atomic mass is 16.5. The number of hydrogen-bond acceptors (Lipinski definition) is 5. The Morgan fingerprint density at radius 3 is 3.13 bits per heavy atom. The van der Waals surface area contributed by atoms with Crippen LogP contribution in [0.4, 0.5) is 0 Å². The molecule has 0 saturated heterocycles. The van der Waals surface area contributed by atoms with Gasteiger partial charge in [-0.2, -0.15) is 5.10 Å². The molecule has 0 bridgehead atoms. The van der Waals surface area contributed by atoms with Crippen LogP contribution in [0.2, 0.25) is 0 Å². The fourth-order valence-electron chi connectivity index (χ4n) is 1.09. The second-order valence-electron chi connectivity index (χ2n) is 2.95. The summed E-state index contributed by atoms with van der Waals surface area (Å²) >= 11 is 0. The first-order chi connectivity index (χ1) is 7.27. The Hall–Kier alpha value is -2.18. The van der Waals surface area contributed by atoms with E-state index in [-0.39, 0.29) is 17.6 Å². The van der Waals surface area contributed by atoms with E-state index in [1.165, 1.54) is 18.7 Å². The van der Waals surface area contributed by atoms with E-state index in [4.69, 9.17) is 0 Å². The van der Waals surface area contributed by atoms with Gasteiger partial charge in [0.1, 0.15) is 18.4 Å². The maximum atomic E-state index is 11.5. The van der Waals surface area contributed by atoms with Gasteiger partial charge in [0.05, 0.1) is 6.04 Å². The molecule has 0 aliphatic rings. The first kappa shape index (κ1) is 9.38. The number of H-pyrrole nitrogens is 1. The van der Waals surface area contributed by atoms with Crippen LogP contribution in [0.15, 0.2) is 23.2 Å². The SMILES string of the molecule is CC(NC(=O)c1ccon1)c1ncn[nH]1. The summed E-state index contributed by atoms with van der Waals surface area (Å²) in [7, 11) is 0. The van der Waals surface area contributed by atoms with Crippen molar-refractivity contribution in [2.75, 3.05) is 0 Å². The highest BCUT2D eigenvalue weighted by Crippen LogP contribution is 2.05. The minimum absolute atomic E-state index is 0.237. The summed E-state index contributed by atoms with van der Waals surface area (Å²) in [5.41, 5.74) is 0.237. The summed E-state index contributed by atoms with van der Waals surface area (Å²) in [5.74, 6) is 0.277. The molecule has 2 rings (SSSR count). The molecule has 7 nitrogen and oxygen atoms in total. The third kappa shape index (κ3) is 2.01. The van der Waals surface area contributed by atoms with Gasteiger partial charge in [-0.3, -0.25) is 9.89 Å². The Balaban J connectivity index is 2.01. The number of aromatic nitrogens is 4. The van der Waals surface area contributed by atoms with Crippen LogP contribution in [-0.4, -0.2) is 26.2 Å². The highest BCUT2D eigenvalue weighted by Gasteiger charge is 2.14. The van der Waals surface area contributed by atoms with Crippen molar-refractivity contribution in [2.45, 2.75) is 13.0 Å². The molecule has 0 aliphatic heterocycles. The van der Waals surface area contributed by atoms with Crippen LogP contribution >= 0.6 is 0 Å². The zero-order valence-corrected chi connectivity index (χ0v) is 7.97. The van der Waals surface area contributed by atoms with Gasteiger partial charge in [-0.25, -0.2) is 4.98 Å². The fraction of sp³-hybridized carbons (Fsp3) is 0.250. The number of aromatic amines is 1. The third-order valence-electron chi connectivity index (χ3n) is 1.86. The lowest BCUT2D eigenvalue weighted by Crippen LogP contribution is -2.27. The van der Waals surface area contributed by atoms with Gasteiger partial charge in [0.15, 0.2) is 5.69 Å². The summed E-state index contributed by atoms with van der Waals surface area (Å²) in [6.07, 6.45) is 2.72. The molecule has 0 spiro atoms. The van der Waals surface area contributed by atoms with Gasteiger partial charge >= 0.3 is 0 Å². The summed E-state index contributed by atoms with van der Waals surface area (Å²) in [5, 5.41) is 12.6. The molecule has 2 aromatic rings. The number of amides is 1. The van der Waals surface area contributed by atoms with Gasteiger partial charge < -0.3 is 9.84 Å². The van der Waals surface area contributed by atoms with Crippen molar-refractivity contribution in [2.24, 2.45) is 0 Å². The van der Waals surface area contributed by atoms with Crippen molar-refractivity contribution < 1.29 is 9.32 Å². The second kappa shape index (κ2) is 3.91. The highest BCUT2D eigenvalue weighted by molar-refractivity contribution is 5.92. The molecule has 15 heavy (non-hydrogen) atoms. The van der Waals surface area contributed by atoms with Crippen LogP contribution in [0, 0.1) is 0 Å². The lowest BCUT2D eigenvalue weighted by molar-refractivity contribution is 0.0929. The van der Waals surface area contributed by atoms with Crippen molar-refractivity contribution >= 4 is 5.91 Å². The first-order valence-electron chi connectivity index (χ1n) is 4.34. The second-order valence-corrected chi connectivity index (χ2v) is 2.95. The summed E-state index contributed by atoms with van der Waals surface area (Å²) in [6.45, 7) is 1.79. The quantitative estimate of drug-likeness (QED) is 0.753. The first-order valence-corrected chi connectivity index (χ1v) is 4.34. The zero-order valence-electron chi connectivity index (χ0n) is 7.97. The van der Waals surface area contributed by atoms with E-state index in [2.05, 4.69) is 30.2 Å². The monoisotopic (exact) mass is 207 g/mol. The molecular formula is C8H9N5O2. The van der Waals surface area contributed by atoms with Crippen molar-refractivity contribution in [3.8, 4) is 0 Å². The fourth-order valence-corrected chi connectivity index (χ4v) is 1.09. The van der Waals surface area contributed by atoms with E-state index in [0.717, 1.165) is 0 Å². The smallest absolute Gasteiger partial charge is 0.274 e. The van der Waals surface area contributed by atoms with Crippen LogP contribution in [0.25, 0.3) is 0 Å². The summed E-state index contributed by atoms with van der Waals surface area (Å²) in [4.78, 5) is 15.4. The number of nitrogens with one attached hydrogen (secondary N) is 2. The Kier molecular flexibility index (Phi) is 2.44. The van der Waals surface area contributed by atoms with Crippen LogP contribution < -0.4 is 5.32 Å². The van der Waals surface area contributed by atoms with Crippen LogP contribution in [0.1, 0.15) is 29.3 Å². The molecule has 1 atom stereocenters. The van der Waals surface area contributed by atoms with E-state index in [9.17, 15) is 4.79 Å². The predicted octanol–water partition coefficient (Wildman–Crippen LogP) is 0.284. The van der Waals surface area contributed by atoms with Gasteiger partial charge in [-0.1, -0.05) is 5.16 Å². The number of rotatable bonds is 3. The van der Waals surface area contributed by atoms with Crippen molar-refractivity contribution in [3.63, 3.8) is 0 Å². The lowest BCUT2D eigenvalue weighted by Gasteiger charge is -2.08. The predicted molar refractivity (Wildman–Crippen MR) is 48.8 cm³/mol. The Morgan fingerprint density at radius 2 is 2.53 bits per heavy atom. The normalized spacial score (nSPS) is 12.3. The molecular weight excluding hydrogens is 198 g/mol. The molecule has 0 radical (unpaired) electrons. The van der Waals surface area contributed by atoms with E-state index < -0.39 is 0 Å². The zero-order chi connectivity index (χ0) is 10.7. The lowest BCUT2D eigenvalue weighted by atomic mass is 10.3. The van der Waals surface area contributed by atoms with Crippen molar-refractivity contribution in [1.82, 2.24) is 25.7 Å². The molecule has 7 heteroatoms. The van der Waals surface area contributed by atoms with Gasteiger partial charge in [0, 0.05) is 6.07 Å². The summed E-state index contributed by atoms with van der Waals surface area (Å²) in [6, 6.07) is 1.24. The Bertz CT molecular complexity index is 422. The molecule has 2 heterocycles. The van der Waals surface area contributed by atoms with Crippen LogP contribution in [0.5, 0.6) is 0 Å². The third-order valence-corrected chi connectivity index (χ3v) is 1.86. The molecule has 1 amide bonds. The van der Waals surface area contributed by atoms with E-state index in [1.54, 1.807) is 6.92 Å². The maximum Gasteiger partial charge on any atom is 0.274 e. The molecule has 0 saturated carbocycles. The molecule has 0 fully saturated rings. The number of hydrogen-bond donors (Lipinski definition) is 2. The van der Waals surface area contributed by atoms with Crippen LogP contribution in [-0.2, 0) is 0 Å². The number of carbonyl (C=O) groups excluding carboxylic acids is 1. The van der Waals surface area contributed by atoms with Crippen molar-refractivity contribution in [1.29, 1.82) is 0 Å². The van der Waals surface area contributed by atoms with E-state index >= 15 is 0 Å². The largest absolute Gasteiger partial charge is 0.364 e. The van der Waals surface area contributed by atoms with E-state index in [0.29, 0.717) is 5.82 Å². The average molecular weight is 207 g/mol. The molecule has 1 unspecified atom stereocenters. The molecule has 0 aliphatic carbocycles. The Labute approximate surface area is 84.9 Å². The topological polar surface area (TPSA) is 96.7 Å². The van der Waals surface area contributed by atoms with E-state index in [1.807, 2.05) is 0 Å². The standard InChI is InChI=1S/C8H9N5O2/c1-5(7-9-4-10-12-7)11-8(14)6-2-3-15-13-6/h2-5H,1H3,(H,11,14)(H,9,10,12). The molecule has 2 aromatic heterocycles. The average Bonchev–Trinajstić information content (AvgIpc) is 2.91. The van der Waals surface area contributed by atoms with Crippen molar-refractivity contribution in [3.05, 3.63) is 30.2 Å². The maximum absolute atomic E-state index is 11.5. The molecule has 78 valence electrons. The van der Waals surface area contributed by atoms with Crippen LogP contribution in [0.3, 0.4) is 0 Å². The minimum Gasteiger partial charge on any atom is -0.364 e. The Morgan fingerprint density at radius 1 is 1.67 bits per heavy atom. The molecule has 2 N–H and O–H groups in total. The summed E-state index contributed by atoms with van der Waals surface area (Å²) < 4.78 is 4.56. The van der Waals surface area contributed by atoms with Gasteiger partial charge in [-0.05, 0) is 6.92 Å². The minimum atomic E-state index is -0.312. The number of carbonyl (C=O) groups is 1. The number of nitrogens with zero attached hydrogens (tertiary/aromatic N) is 3. The molecule has 0 aromatic carbocycles.